The molecule has 0 N–H and O–H groups in total. The average Bonchev–Trinajstić information content (AvgIpc) is 2.87. The largest absolute Gasteiger partial charge is 0.444 e. The number of piperidine rings is 1. The van der Waals surface area contributed by atoms with E-state index in [2.05, 4.69) is 47.9 Å². The zero-order chi connectivity index (χ0) is 27.8. The van der Waals surface area contributed by atoms with Crippen LogP contribution in [0.3, 0.4) is 0 Å². The lowest BCUT2D eigenvalue weighted by Crippen LogP contribution is -2.62. The van der Waals surface area contributed by atoms with Gasteiger partial charge in [-0.05, 0) is 87.7 Å². The molecule has 0 aromatic heterocycles. The molecule has 4 aliphatic rings. The fourth-order valence-corrected chi connectivity index (χ4v) is 7.36. The van der Waals surface area contributed by atoms with E-state index in [9.17, 15) is 9.59 Å². The maximum Gasteiger partial charge on any atom is 0.410 e. The van der Waals surface area contributed by atoms with Crippen molar-refractivity contribution >= 4 is 12.0 Å². The van der Waals surface area contributed by atoms with Crippen molar-refractivity contribution in [3.63, 3.8) is 0 Å². The van der Waals surface area contributed by atoms with E-state index in [4.69, 9.17) is 9.47 Å². The fraction of sp³-hybridized carbons (Fsp3) is 0.750. The van der Waals surface area contributed by atoms with Gasteiger partial charge in [-0.1, -0.05) is 38.1 Å². The molecule has 1 saturated carbocycles. The van der Waals surface area contributed by atoms with Gasteiger partial charge in [0.05, 0.1) is 12.6 Å². The molecule has 3 saturated heterocycles. The molecule has 1 spiro atoms. The lowest BCUT2D eigenvalue weighted by molar-refractivity contribution is -0.153. The topological polar surface area (TPSA) is 62.3 Å². The van der Waals surface area contributed by atoms with Crippen molar-refractivity contribution in [2.75, 3.05) is 45.9 Å². The van der Waals surface area contributed by atoms with Crippen molar-refractivity contribution in [1.29, 1.82) is 0 Å². The second kappa shape index (κ2) is 11.4. The van der Waals surface area contributed by atoms with Crippen LogP contribution in [-0.4, -0.2) is 84.3 Å². The highest BCUT2D eigenvalue weighted by Gasteiger charge is 2.52. The predicted molar refractivity (Wildman–Crippen MR) is 153 cm³/mol. The second-order valence-corrected chi connectivity index (χ2v) is 13.9. The SMILES string of the molecule is CC(C)c1ccccc1C1CN(CC2CCOCC2)CC(=O)N1C1CC2(CCN(C(=O)OC(C)(C)C)CC2)C1. The van der Waals surface area contributed by atoms with Crippen LogP contribution in [-0.2, 0) is 14.3 Å². The number of ether oxygens (including phenoxy) is 2. The fourth-order valence-electron chi connectivity index (χ4n) is 7.36. The first kappa shape index (κ1) is 28.4. The maximum absolute atomic E-state index is 13.9. The summed E-state index contributed by atoms with van der Waals surface area (Å²) in [4.78, 5) is 33.0. The molecule has 0 radical (unpaired) electrons. The van der Waals surface area contributed by atoms with Crippen molar-refractivity contribution in [2.45, 2.75) is 96.7 Å². The van der Waals surface area contributed by atoms with E-state index in [1.54, 1.807) is 0 Å². The van der Waals surface area contributed by atoms with Crippen LogP contribution in [0.5, 0.6) is 0 Å². The molecule has 1 aliphatic carbocycles. The molecule has 7 nitrogen and oxygen atoms in total. The molecule has 1 unspecified atom stereocenters. The van der Waals surface area contributed by atoms with E-state index in [1.807, 2.05) is 25.7 Å². The van der Waals surface area contributed by atoms with E-state index in [-0.39, 0.29) is 29.5 Å². The molecule has 5 rings (SSSR count). The minimum absolute atomic E-state index is 0.0916. The third kappa shape index (κ3) is 6.45. The van der Waals surface area contributed by atoms with E-state index in [0.29, 0.717) is 18.4 Å². The highest BCUT2D eigenvalue weighted by Crippen LogP contribution is 2.53. The van der Waals surface area contributed by atoms with Crippen LogP contribution < -0.4 is 0 Å². The molecule has 1 aromatic rings. The van der Waals surface area contributed by atoms with Crippen LogP contribution in [0.2, 0.25) is 0 Å². The minimum atomic E-state index is -0.470. The van der Waals surface area contributed by atoms with Gasteiger partial charge in [-0.15, -0.1) is 0 Å². The first-order chi connectivity index (χ1) is 18.5. The number of amides is 2. The third-order valence-corrected chi connectivity index (χ3v) is 9.45. The number of nitrogens with zero attached hydrogens (tertiary/aromatic N) is 3. The molecule has 0 bridgehead atoms. The Bertz CT molecular complexity index is 1010. The van der Waals surface area contributed by atoms with Crippen LogP contribution in [0.15, 0.2) is 24.3 Å². The summed E-state index contributed by atoms with van der Waals surface area (Å²) in [6.07, 6.45) is 6.05. The Labute approximate surface area is 235 Å². The van der Waals surface area contributed by atoms with Crippen molar-refractivity contribution in [1.82, 2.24) is 14.7 Å². The molecule has 1 aromatic carbocycles. The van der Waals surface area contributed by atoms with E-state index in [0.717, 1.165) is 77.9 Å². The third-order valence-electron chi connectivity index (χ3n) is 9.45. The minimum Gasteiger partial charge on any atom is -0.444 e. The van der Waals surface area contributed by atoms with E-state index >= 15 is 0 Å². The van der Waals surface area contributed by atoms with Gasteiger partial charge in [-0.25, -0.2) is 4.79 Å². The zero-order valence-corrected chi connectivity index (χ0v) is 24.8. The van der Waals surface area contributed by atoms with Crippen molar-refractivity contribution in [2.24, 2.45) is 11.3 Å². The summed E-state index contributed by atoms with van der Waals surface area (Å²) >= 11 is 0. The molecular weight excluding hydrogens is 490 g/mol. The van der Waals surface area contributed by atoms with Crippen LogP contribution in [0, 0.1) is 11.3 Å². The first-order valence-electron chi connectivity index (χ1n) is 15.2. The second-order valence-electron chi connectivity index (χ2n) is 13.9. The summed E-state index contributed by atoms with van der Waals surface area (Å²) in [7, 11) is 0. The Morgan fingerprint density at radius 2 is 1.77 bits per heavy atom. The normalized spacial score (nSPS) is 25.3. The molecule has 1 atom stereocenters. The Balaban J connectivity index is 1.28. The van der Waals surface area contributed by atoms with Gasteiger partial charge in [0, 0.05) is 45.4 Å². The summed E-state index contributed by atoms with van der Waals surface area (Å²) in [5.41, 5.74) is 2.44. The number of carbonyl (C=O) groups is 2. The van der Waals surface area contributed by atoms with Gasteiger partial charge >= 0.3 is 6.09 Å². The van der Waals surface area contributed by atoms with Gasteiger partial charge < -0.3 is 19.3 Å². The first-order valence-corrected chi connectivity index (χ1v) is 15.2. The van der Waals surface area contributed by atoms with Gasteiger partial charge in [-0.3, -0.25) is 9.69 Å². The maximum atomic E-state index is 13.9. The molecule has 3 heterocycles. The van der Waals surface area contributed by atoms with Crippen molar-refractivity contribution in [3.8, 4) is 0 Å². The zero-order valence-electron chi connectivity index (χ0n) is 24.8. The summed E-state index contributed by atoms with van der Waals surface area (Å²) in [6.45, 7) is 15.8. The number of rotatable bonds is 5. The van der Waals surface area contributed by atoms with Gasteiger partial charge in [0.15, 0.2) is 0 Å². The van der Waals surface area contributed by atoms with Crippen LogP contribution in [0.1, 0.15) is 96.2 Å². The Hall–Kier alpha value is -2.12. The molecular formula is C32H49N3O4. The number of carbonyl (C=O) groups excluding carboxylic acids is 2. The quantitative estimate of drug-likeness (QED) is 0.487. The molecule has 216 valence electrons. The van der Waals surface area contributed by atoms with Gasteiger partial charge in [0.2, 0.25) is 5.91 Å². The highest BCUT2D eigenvalue weighted by atomic mass is 16.6. The standard InChI is InChI=1S/C32H49N3O4/c1-23(2)26-8-6-7-9-27(26)28-21-33(20-24-10-16-38-17-11-24)22-29(36)35(28)25-18-32(19-25)12-14-34(15-13-32)30(37)39-31(3,4)5/h6-9,23-25,28H,10-22H2,1-5H3. The summed E-state index contributed by atoms with van der Waals surface area (Å²) in [5, 5.41) is 0. The molecule has 7 heteroatoms. The Morgan fingerprint density at radius 3 is 2.41 bits per heavy atom. The van der Waals surface area contributed by atoms with Crippen molar-refractivity contribution in [3.05, 3.63) is 35.4 Å². The molecule has 2 amide bonds. The predicted octanol–water partition coefficient (Wildman–Crippen LogP) is 5.60. The van der Waals surface area contributed by atoms with E-state index < -0.39 is 5.60 Å². The summed E-state index contributed by atoms with van der Waals surface area (Å²) < 4.78 is 11.2. The number of hydrogen-bond donors (Lipinski definition) is 0. The number of likely N-dealkylation sites (tertiary alicyclic amines) is 1. The van der Waals surface area contributed by atoms with Crippen LogP contribution in [0.25, 0.3) is 0 Å². The lowest BCUT2D eigenvalue weighted by atomic mass is 9.59. The summed E-state index contributed by atoms with van der Waals surface area (Å²) in [6, 6.07) is 9.14. The lowest BCUT2D eigenvalue weighted by Gasteiger charge is -2.58. The van der Waals surface area contributed by atoms with Crippen LogP contribution in [0.4, 0.5) is 4.79 Å². The van der Waals surface area contributed by atoms with Crippen LogP contribution >= 0.6 is 0 Å². The van der Waals surface area contributed by atoms with Gasteiger partial charge in [0.1, 0.15) is 5.60 Å². The molecule has 39 heavy (non-hydrogen) atoms. The van der Waals surface area contributed by atoms with Crippen molar-refractivity contribution < 1.29 is 19.1 Å². The Kier molecular flexibility index (Phi) is 8.30. The van der Waals surface area contributed by atoms with Gasteiger partial charge in [-0.2, -0.15) is 0 Å². The summed E-state index contributed by atoms with van der Waals surface area (Å²) in [5.74, 6) is 1.30. The molecule has 4 fully saturated rings. The van der Waals surface area contributed by atoms with E-state index in [1.165, 1.54) is 11.1 Å². The molecule has 3 aliphatic heterocycles. The average molecular weight is 540 g/mol. The Morgan fingerprint density at radius 1 is 1.10 bits per heavy atom. The number of benzene rings is 1. The smallest absolute Gasteiger partial charge is 0.410 e. The monoisotopic (exact) mass is 539 g/mol. The number of hydrogen-bond acceptors (Lipinski definition) is 5. The van der Waals surface area contributed by atoms with Gasteiger partial charge in [0.25, 0.3) is 0 Å². The number of piperazine rings is 1. The highest BCUT2D eigenvalue weighted by molar-refractivity contribution is 5.80.